The van der Waals surface area contributed by atoms with E-state index in [1.165, 1.54) is 12.1 Å². The number of hydrogen-bond donors (Lipinski definition) is 1. The normalized spacial score (nSPS) is 17.5. The summed E-state index contributed by atoms with van der Waals surface area (Å²) in [6.45, 7) is 0.513. The molecule has 0 bridgehead atoms. The van der Waals surface area contributed by atoms with Crippen molar-refractivity contribution in [3.05, 3.63) is 47.5 Å². The number of anilines is 2. The maximum atomic E-state index is 13.7. The van der Waals surface area contributed by atoms with Gasteiger partial charge in [-0.1, -0.05) is 11.6 Å². The third-order valence-electron chi connectivity index (χ3n) is 4.39. The lowest BCUT2D eigenvalue weighted by Gasteiger charge is -2.18. The molecule has 1 fully saturated rings. The third-order valence-corrected chi connectivity index (χ3v) is 4.69. The van der Waals surface area contributed by atoms with Gasteiger partial charge in [0.15, 0.2) is 5.65 Å². The number of amides is 1. The molecule has 1 unspecified atom stereocenters. The molecule has 0 radical (unpaired) electrons. The fraction of sp³-hybridized carbons (Fsp3) is 0.235. The molecule has 1 amide bonds. The third kappa shape index (κ3) is 2.70. The smallest absolute Gasteiger partial charge is 0.249 e. The van der Waals surface area contributed by atoms with E-state index in [9.17, 15) is 9.18 Å². The molecular weight excluding hydrogens is 345 g/mol. The van der Waals surface area contributed by atoms with Crippen molar-refractivity contribution in [1.82, 2.24) is 14.8 Å². The number of halogens is 2. The first-order chi connectivity index (χ1) is 12.0. The lowest BCUT2D eigenvalue weighted by atomic mass is 10.2. The van der Waals surface area contributed by atoms with E-state index in [2.05, 4.69) is 15.4 Å². The van der Waals surface area contributed by atoms with Crippen molar-refractivity contribution in [2.45, 2.75) is 12.5 Å². The second-order valence-corrected chi connectivity index (χ2v) is 6.35. The van der Waals surface area contributed by atoms with Crippen molar-refractivity contribution in [1.29, 1.82) is 0 Å². The maximum Gasteiger partial charge on any atom is 0.249 e. The first kappa shape index (κ1) is 15.8. The van der Waals surface area contributed by atoms with E-state index in [0.29, 0.717) is 18.7 Å². The van der Waals surface area contributed by atoms with Crippen LogP contribution >= 0.6 is 11.6 Å². The van der Waals surface area contributed by atoms with Gasteiger partial charge in [-0.15, -0.1) is 0 Å². The standard InChI is InChI=1S/C17H15ClFN5O/c1-23-16-11(9-21-23)14(4-6-20-16)22-15-5-7-24(17(15)25)10-2-3-12(18)13(19)8-10/h2-4,6,8-9,15H,5,7H2,1H3,(H,20,22). The quantitative estimate of drug-likeness (QED) is 0.781. The molecule has 1 aliphatic heterocycles. The average Bonchev–Trinajstić information content (AvgIpc) is 3.15. The molecule has 0 saturated carbocycles. The highest BCUT2D eigenvalue weighted by atomic mass is 35.5. The number of benzene rings is 1. The summed E-state index contributed by atoms with van der Waals surface area (Å²) in [5.74, 6) is -0.634. The van der Waals surface area contributed by atoms with Crippen LogP contribution in [0.3, 0.4) is 0 Å². The summed E-state index contributed by atoms with van der Waals surface area (Å²) in [6.07, 6.45) is 4.02. The molecule has 4 rings (SSSR count). The van der Waals surface area contributed by atoms with Crippen LogP contribution < -0.4 is 10.2 Å². The molecule has 8 heteroatoms. The van der Waals surface area contributed by atoms with E-state index < -0.39 is 5.82 Å². The molecule has 1 saturated heterocycles. The van der Waals surface area contributed by atoms with Crippen molar-refractivity contribution in [3.8, 4) is 0 Å². The first-order valence-electron chi connectivity index (χ1n) is 7.84. The number of fused-ring (bicyclic) bond motifs is 1. The molecule has 3 heterocycles. The van der Waals surface area contributed by atoms with Gasteiger partial charge >= 0.3 is 0 Å². The van der Waals surface area contributed by atoms with Gasteiger partial charge in [-0.05, 0) is 30.7 Å². The second-order valence-electron chi connectivity index (χ2n) is 5.94. The number of pyridine rings is 1. The predicted octanol–water partition coefficient (Wildman–Crippen LogP) is 2.98. The molecule has 0 aliphatic carbocycles. The van der Waals surface area contributed by atoms with Crippen LogP contribution in [0.25, 0.3) is 11.0 Å². The van der Waals surface area contributed by atoms with Crippen LogP contribution in [0.15, 0.2) is 36.7 Å². The lowest BCUT2D eigenvalue weighted by molar-refractivity contribution is -0.117. The van der Waals surface area contributed by atoms with Crippen LogP contribution in [0.4, 0.5) is 15.8 Å². The molecule has 1 N–H and O–H groups in total. The summed E-state index contributed by atoms with van der Waals surface area (Å²) in [7, 11) is 1.82. The molecule has 6 nitrogen and oxygen atoms in total. The van der Waals surface area contributed by atoms with E-state index in [1.807, 2.05) is 13.1 Å². The summed E-state index contributed by atoms with van der Waals surface area (Å²) >= 11 is 5.71. The van der Waals surface area contributed by atoms with Gasteiger partial charge in [0.1, 0.15) is 11.9 Å². The Morgan fingerprint density at radius 3 is 3.00 bits per heavy atom. The van der Waals surface area contributed by atoms with Gasteiger partial charge in [-0.3, -0.25) is 9.48 Å². The van der Waals surface area contributed by atoms with Crippen LogP contribution in [0.1, 0.15) is 6.42 Å². The summed E-state index contributed by atoms with van der Waals surface area (Å²) in [4.78, 5) is 18.6. The van der Waals surface area contributed by atoms with Crippen molar-refractivity contribution in [2.24, 2.45) is 7.05 Å². The first-order valence-corrected chi connectivity index (χ1v) is 8.22. The molecule has 0 spiro atoms. The fourth-order valence-electron chi connectivity index (χ4n) is 3.08. The Labute approximate surface area is 148 Å². The van der Waals surface area contributed by atoms with Crippen molar-refractivity contribution >= 4 is 39.9 Å². The SMILES string of the molecule is Cn1ncc2c(NC3CCN(c4ccc(Cl)c(F)c4)C3=O)ccnc21. The van der Waals surface area contributed by atoms with Gasteiger partial charge in [0, 0.05) is 31.2 Å². The van der Waals surface area contributed by atoms with Gasteiger partial charge in [0.2, 0.25) is 5.91 Å². The van der Waals surface area contributed by atoms with Crippen LogP contribution in [0.2, 0.25) is 5.02 Å². The number of aromatic nitrogens is 3. The summed E-state index contributed by atoms with van der Waals surface area (Å²) < 4.78 is 15.4. The largest absolute Gasteiger partial charge is 0.373 e. The summed E-state index contributed by atoms with van der Waals surface area (Å²) in [6, 6.07) is 5.83. The van der Waals surface area contributed by atoms with Gasteiger partial charge in [-0.25, -0.2) is 9.37 Å². The van der Waals surface area contributed by atoms with Crippen LogP contribution in [0, 0.1) is 5.82 Å². The Kier molecular flexibility index (Phi) is 3.80. The summed E-state index contributed by atoms with van der Waals surface area (Å²) in [5.41, 5.74) is 2.06. The molecule has 2 aromatic heterocycles. The highest BCUT2D eigenvalue weighted by Gasteiger charge is 2.33. The minimum atomic E-state index is -0.533. The van der Waals surface area contributed by atoms with Gasteiger partial charge < -0.3 is 10.2 Å². The van der Waals surface area contributed by atoms with Gasteiger partial charge in [0.05, 0.1) is 16.6 Å². The van der Waals surface area contributed by atoms with E-state index >= 15 is 0 Å². The van der Waals surface area contributed by atoms with Crippen LogP contribution in [-0.4, -0.2) is 33.3 Å². The Balaban J connectivity index is 1.58. The molecular formula is C17H15ClFN5O. The molecule has 3 aromatic rings. The molecule has 1 aliphatic rings. The number of nitrogens with one attached hydrogen (secondary N) is 1. The van der Waals surface area contributed by atoms with Crippen LogP contribution in [-0.2, 0) is 11.8 Å². The lowest BCUT2D eigenvalue weighted by Crippen LogP contribution is -2.33. The van der Waals surface area contributed by atoms with Crippen molar-refractivity contribution in [2.75, 3.05) is 16.8 Å². The predicted molar refractivity (Wildman–Crippen MR) is 94.3 cm³/mol. The van der Waals surface area contributed by atoms with Gasteiger partial charge in [-0.2, -0.15) is 5.10 Å². The van der Waals surface area contributed by atoms with E-state index in [-0.39, 0.29) is 17.0 Å². The second kappa shape index (κ2) is 6.00. The van der Waals surface area contributed by atoms with Crippen molar-refractivity contribution < 1.29 is 9.18 Å². The fourth-order valence-corrected chi connectivity index (χ4v) is 3.20. The number of hydrogen-bond acceptors (Lipinski definition) is 4. The number of nitrogens with zero attached hydrogens (tertiary/aromatic N) is 4. The van der Waals surface area contributed by atoms with Gasteiger partial charge in [0.25, 0.3) is 0 Å². The minimum absolute atomic E-state index is 0.0424. The van der Waals surface area contributed by atoms with E-state index in [4.69, 9.17) is 11.6 Å². The Morgan fingerprint density at radius 1 is 1.36 bits per heavy atom. The minimum Gasteiger partial charge on any atom is -0.373 e. The molecule has 1 atom stereocenters. The maximum absolute atomic E-state index is 13.7. The Morgan fingerprint density at radius 2 is 2.20 bits per heavy atom. The number of carbonyl (C=O) groups excluding carboxylic acids is 1. The zero-order valence-corrected chi connectivity index (χ0v) is 14.2. The average molecular weight is 360 g/mol. The zero-order valence-electron chi connectivity index (χ0n) is 13.4. The number of aryl methyl sites for hydroxylation is 1. The highest BCUT2D eigenvalue weighted by Crippen LogP contribution is 2.28. The van der Waals surface area contributed by atoms with E-state index in [1.54, 1.807) is 28.0 Å². The summed E-state index contributed by atoms with van der Waals surface area (Å²) in [5, 5.41) is 8.36. The van der Waals surface area contributed by atoms with Crippen molar-refractivity contribution in [3.63, 3.8) is 0 Å². The topological polar surface area (TPSA) is 63.1 Å². The monoisotopic (exact) mass is 359 g/mol. The Hall–Kier alpha value is -2.67. The van der Waals surface area contributed by atoms with Crippen LogP contribution in [0.5, 0.6) is 0 Å². The number of carbonyl (C=O) groups is 1. The zero-order chi connectivity index (χ0) is 17.6. The molecule has 128 valence electrons. The number of rotatable bonds is 3. The van der Waals surface area contributed by atoms with E-state index in [0.717, 1.165) is 16.7 Å². The highest BCUT2D eigenvalue weighted by molar-refractivity contribution is 6.30. The Bertz CT molecular complexity index is 973. The molecule has 1 aromatic carbocycles. The molecule has 25 heavy (non-hydrogen) atoms.